The molecule has 2 heterocycles. The summed E-state index contributed by atoms with van der Waals surface area (Å²) in [5, 5.41) is 12.0. The monoisotopic (exact) mass is 393 g/mol. The van der Waals surface area contributed by atoms with Crippen LogP contribution >= 0.6 is 15.9 Å². The first-order valence-electron chi connectivity index (χ1n) is 8.51. The number of hydrogen-bond donors (Lipinski definition) is 1. The van der Waals surface area contributed by atoms with Gasteiger partial charge < -0.3 is 5.32 Å². The number of carbonyl (C=O) groups excluding carboxylic acids is 1. The van der Waals surface area contributed by atoms with Gasteiger partial charge in [-0.3, -0.25) is 9.48 Å². The molecule has 1 aliphatic rings. The average molecular weight is 394 g/mol. The molecule has 7 heteroatoms. The Hall–Kier alpha value is -1.63. The fraction of sp³-hybridized carbons (Fsp3) is 0.588. The minimum atomic E-state index is -0.00202. The number of halogens is 1. The van der Waals surface area contributed by atoms with Gasteiger partial charge in [0.15, 0.2) is 0 Å². The molecule has 0 spiro atoms. The summed E-state index contributed by atoms with van der Waals surface area (Å²) in [5.74, 6) is 0.816. The largest absolute Gasteiger partial charge is 0.311 e. The molecule has 2 aromatic heterocycles. The van der Waals surface area contributed by atoms with E-state index in [2.05, 4.69) is 31.4 Å². The lowest BCUT2D eigenvalue weighted by Crippen LogP contribution is -2.19. The Bertz CT molecular complexity index is 742. The molecule has 0 aliphatic heterocycles. The van der Waals surface area contributed by atoms with Crippen molar-refractivity contribution in [3.8, 4) is 0 Å². The van der Waals surface area contributed by atoms with E-state index in [1.165, 1.54) is 12.8 Å². The summed E-state index contributed by atoms with van der Waals surface area (Å²) in [7, 11) is 0. The lowest BCUT2D eigenvalue weighted by molar-refractivity contribution is -0.116. The van der Waals surface area contributed by atoms with Crippen molar-refractivity contribution in [2.75, 3.05) is 5.32 Å². The molecule has 1 aliphatic carbocycles. The van der Waals surface area contributed by atoms with Crippen LogP contribution in [0, 0.1) is 20.8 Å². The van der Waals surface area contributed by atoms with E-state index in [0.29, 0.717) is 19.0 Å². The van der Waals surface area contributed by atoms with Crippen molar-refractivity contribution in [3.63, 3.8) is 0 Å². The first kappa shape index (κ1) is 17.2. The molecular formula is C17H24BrN5O. The van der Waals surface area contributed by atoms with Crippen LogP contribution in [0.2, 0.25) is 0 Å². The van der Waals surface area contributed by atoms with E-state index < -0.39 is 0 Å². The fourth-order valence-electron chi connectivity index (χ4n) is 3.34. The van der Waals surface area contributed by atoms with Gasteiger partial charge in [-0.15, -0.1) is 0 Å². The highest BCUT2D eigenvalue weighted by Gasteiger charge is 2.21. The topological polar surface area (TPSA) is 64.7 Å². The average Bonchev–Trinajstić information content (AvgIpc) is 3.23. The zero-order valence-corrected chi connectivity index (χ0v) is 16.1. The number of aromatic nitrogens is 4. The van der Waals surface area contributed by atoms with Crippen LogP contribution in [0.15, 0.2) is 10.5 Å². The number of nitrogens with one attached hydrogen (secondary N) is 1. The van der Waals surface area contributed by atoms with Crippen molar-refractivity contribution >= 4 is 27.7 Å². The third-order valence-corrected chi connectivity index (χ3v) is 5.79. The second kappa shape index (κ2) is 7.09. The molecule has 0 aromatic carbocycles. The summed E-state index contributed by atoms with van der Waals surface area (Å²) in [6, 6.07) is 2.37. The van der Waals surface area contributed by atoms with E-state index in [4.69, 9.17) is 0 Å². The van der Waals surface area contributed by atoms with E-state index in [0.717, 1.165) is 40.2 Å². The summed E-state index contributed by atoms with van der Waals surface area (Å²) in [5.41, 5.74) is 2.94. The molecule has 6 nitrogen and oxygen atoms in total. The second-order valence-corrected chi connectivity index (χ2v) is 7.35. The number of anilines is 1. The zero-order valence-electron chi connectivity index (χ0n) is 14.5. The van der Waals surface area contributed by atoms with E-state index in [9.17, 15) is 4.79 Å². The second-order valence-electron chi connectivity index (χ2n) is 6.56. The van der Waals surface area contributed by atoms with Crippen molar-refractivity contribution < 1.29 is 4.79 Å². The Morgan fingerprint density at radius 3 is 2.62 bits per heavy atom. The van der Waals surface area contributed by atoms with Gasteiger partial charge in [-0.1, -0.05) is 12.8 Å². The summed E-state index contributed by atoms with van der Waals surface area (Å²) < 4.78 is 4.89. The Morgan fingerprint density at radius 2 is 2.00 bits per heavy atom. The molecule has 130 valence electrons. The SMILES string of the molecule is Cc1cc(NC(=O)CCn2nc(C)c(Br)c2C)n(C2CCCC2)n1. The fourth-order valence-corrected chi connectivity index (χ4v) is 3.63. The Balaban J connectivity index is 1.63. The first-order valence-corrected chi connectivity index (χ1v) is 9.30. The van der Waals surface area contributed by atoms with Gasteiger partial charge in [0.2, 0.25) is 5.91 Å². The predicted octanol–water partition coefficient (Wildman–Crippen LogP) is 3.91. The van der Waals surface area contributed by atoms with Crippen LogP contribution < -0.4 is 5.32 Å². The number of rotatable bonds is 5. The predicted molar refractivity (Wildman–Crippen MR) is 97.1 cm³/mol. The van der Waals surface area contributed by atoms with Crippen LogP contribution in [-0.4, -0.2) is 25.5 Å². The standard InChI is InChI=1S/C17H24BrN5O/c1-11-10-15(23(20-11)14-6-4-5-7-14)19-16(24)8-9-22-13(3)17(18)12(2)21-22/h10,14H,4-9H2,1-3H3,(H,19,24). The Labute approximate surface area is 150 Å². The molecule has 0 unspecified atom stereocenters. The van der Waals surface area contributed by atoms with Crippen LogP contribution in [0.1, 0.15) is 55.2 Å². The molecule has 2 aromatic rings. The Morgan fingerprint density at radius 1 is 1.29 bits per heavy atom. The molecule has 0 bridgehead atoms. The van der Waals surface area contributed by atoms with Crippen LogP contribution in [-0.2, 0) is 11.3 Å². The van der Waals surface area contributed by atoms with Gasteiger partial charge in [0, 0.05) is 18.2 Å². The molecular weight excluding hydrogens is 370 g/mol. The zero-order chi connectivity index (χ0) is 17.3. The van der Waals surface area contributed by atoms with E-state index in [1.54, 1.807) is 0 Å². The Kier molecular flexibility index (Phi) is 5.08. The maximum Gasteiger partial charge on any atom is 0.227 e. The number of amides is 1. The van der Waals surface area contributed by atoms with Crippen LogP contribution in [0.3, 0.4) is 0 Å². The van der Waals surface area contributed by atoms with E-state index >= 15 is 0 Å². The first-order chi connectivity index (χ1) is 11.5. The quantitative estimate of drug-likeness (QED) is 0.836. The molecule has 1 amide bonds. The van der Waals surface area contributed by atoms with Crippen LogP contribution in [0.5, 0.6) is 0 Å². The van der Waals surface area contributed by atoms with Crippen molar-refractivity contribution in [2.45, 2.75) is 65.5 Å². The van der Waals surface area contributed by atoms with Crippen molar-refractivity contribution in [1.82, 2.24) is 19.6 Å². The molecule has 3 rings (SSSR count). The molecule has 0 saturated heterocycles. The van der Waals surface area contributed by atoms with Crippen molar-refractivity contribution in [1.29, 1.82) is 0 Å². The van der Waals surface area contributed by atoms with Gasteiger partial charge in [0.05, 0.1) is 28.4 Å². The third-order valence-electron chi connectivity index (χ3n) is 4.64. The number of aryl methyl sites for hydroxylation is 3. The lowest BCUT2D eigenvalue weighted by Gasteiger charge is -2.14. The summed E-state index contributed by atoms with van der Waals surface area (Å²) >= 11 is 3.52. The van der Waals surface area contributed by atoms with Gasteiger partial charge in [-0.2, -0.15) is 10.2 Å². The van der Waals surface area contributed by atoms with Gasteiger partial charge in [-0.25, -0.2) is 4.68 Å². The molecule has 0 radical (unpaired) electrons. The van der Waals surface area contributed by atoms with Crippen LogP contribution in [0.4, 0.5) is 5.82 Å². The normalized spacial score (nSPS) is 15.2. The molecule has 0 atom stereocenters. The maximum absolute atomic E-state index is 12.4. The summed E-state index contributed by atoms with van der Waals surface area (Å²) in [4.78, 5) is 12.4. The van der Waals surface area contributed by atoms with Crippen molar-refractivity contribution in [2.24, 2.45) is 0 Å². The van der Waals surface area contributed by atoms with E-state index in [-0.39, 0.29) is 5.91 Å². The van der Waals surface area contributed by atoms with Gasteiger partial charge in [0.25, 0.3) is 0 Å². The highest BCUT2D eigenvalue weighted by atomic mass is 79.9. The van der Waals surface area contributed by atoms with Crippen LogP contribution in [0.25, 0.3) is 0 Å². The molecule has 24 heavy (non-hydrogen) atoms. The highest BCUT2D eigenvalue weighted by molar-refractivity contribution is 9.10. The maximum atomic E-state index is 12.4. The summed E-state index contributed by atoms with van der Waals surface area (Å²) in [6.07, 6.45) is 5.16. The van der Waals surface area contributed by atoms with Gasteiger partial charge in [0.1, 0.15) is 5.82 Å². The summed E-state index contributed by atoms with van der Waals surface area (Å²) in [6.45, 7) is 6.49. The highest BCUT2D eigenvalue weighted by Crippen LogP contribution is 2.31. The lowest BCUT2D eigenvalue weighted by atomic mass is 10.2. The number of hydrogen-bond acceptors (Lipinski definition) is 3. The van der Waals surface area contributed by atoms with E-state index in [1.807, 2.05) is 36.2 Å². The number of carbonyl (C=O) groups is 1. The van der Waals surface area contributed by atoms with Gasteiger partial charge >= 0.3 is 0 Å². The molecule has 1 saturated carbocycles. The molecule has 1 fully saturated rings. The minimum absolute atomic E-state index is 0.00202. The smallest absolute Gasteiger partial charge is 0.227 e. The van der Waals surface area contributed by atoms with Crippen molar-refractivity contribution in [3.05, 3.63) is 27.6 Å². The van der Waals surface area contributed by atoms with Gasteiger partial charge in [-0.05, 0) is 49.5 Å². The third kappa shape index (κ3) is 3.55. The molecule has 1 N–H and O–H groups in total. The number of nitrogens with zero attached hydrogens (tertiary/aromatic N) is 4. The minimum Gasteiger partial charge on any atom is -0.311 e.